The Morgan fingerprint density at radius 1 is 1.27 bits per heavy atom. The van der Waals surface area contributed by atoms with Crippen molar-refractivity contribution in [3.8, 4) is 0 Å². The van der Waals surface area contributed by atoms with Crippen LogP contribution in [0.3, 0.4) is 0 Å². The van der Waals surface area contributed by atoms with Gasteiger partial charge in [0.05, 0.1) is 12.2 Å². The third-order valence-electron chi connectivity index (χ3n) is 3.85. The lowest BCUT2D eigenvalue weighted by molar-refractivity contribution is -0.159. The number of likely N-dealkylation sites (tertiary alicyclic amines) is 1. The average Bonchev–Trinajstić information content (AvgIpc) is 2.55. The number of nitrogens with zero attached hydrogens (tertiary/aromatic N) is 1. The SMILES string of the molecule is COCC1CCCN(Cc2cccc(C(F)(F)F)c2)C1.O=C(O)C(=O)O. The molecule has 1 fully saturated rings. The molecule has 2 N–H and O–H groups in total. The normalized spacial score (nSPS) is 17.9. The summed E-state index contributed by atoms with van der Waals surface area (Å²) in [5.74, 6) is -3.16. The Bertz CT molecular complexity index is 592. The Hall–Kier alpha value is -2.13. The monoisotopic (exact) mass is 377 g/mol. The number of hydrogen-bond donors (Lipinski definition) is 2. The van der Waals surface area contributed by atoms with Crippen LogP contribution in [-0.2, 0) is 27.0 Å². The number of methoxy groups -OCH3 is 1. The standard InChI is InChI=1S/C15H20F3NO.C2H2O4/c1-20-11-13-5-3-7-19(10-13)9-12-4-2-6-14(8-12)15(16,17)18;3-1(4)2(5)6/h2,4,6,8,13H,3,5,7,9-11H2,1H3;(H,3,4)(H,5,6). The summed E-state index contributed by atoms with van der Waals surface area (Å²) in [5.41, 5.74) is 0.151. The second-order valence-corrected chi connectivity index (χ2v) is 6.01. The summed E-state index contributed by atoms with van der Waals surface area (Å²) in [6.45, 7) is 3.13. The van der Waals surface area contributed by atoms with Crippen LogP contribution in [0.15, 0.2) is 24.3 Å². The molecule has 1 aromatic carbocycles. The van der Waals surface area contributed by atoms with Crippen molar-refractivity contribution in [1.29, 1.82) is 0 Å². The zero-order chi connectivity index (χ0) is 19.7. The van der Waals surface area contributed by atoms with Gasteiger partial charge in [-0.3, -0.25) is 4.90 Å². The van der Waals surface area contributed by atoms with Crippen molar-refractivity contribution in [3.05, 3.63) is 35.4 Å². The lowest BCUT2D eigenvalue weighted by atomic mass is 9.98. The summed E-state index contributed by atoms with van der Waals surface area (Å²) in [5, 5.41) is 14.8. The van der Waals surface area contributed by atoms with E-state index in [1.165, 1.54) is 12.1 Å². The van der Waals surface area contributed by atoms with Gasteiger partial charge in [-0.15, -0.1) is 0 Å². The van der Waals surface area contributed by atoms with Gasteiger partial charge in [-0.2, -0.15) is 13.2 Å². The number of hydrogen-bond acceptors (Lipinski definition) is 4. The van der Waals surface area contributed by atoms with Crippen LogP contribution in [0.1, 0.15) is 24.0 Å². The fraction of sp³-hybridized carbons (Fsp3) is 0.529. The van der Waals surface area contributed by atoms with Crippen molar-refractivity contribution >= 4 is 11.9 Å². The Balaban J connectivity index is 0.000000487. The minimum Gasteiger partial charge on any atom is -0.473 e. The minimum atomic E-state index is -4.27. The number of piperidine rings is 1. The largest absolute Gasteiger partial charge is 0.473 e. The highest BCUT2D eigenvalue weighted by Crippen LogP contribution is 2.30. The summed E-state index contributed by atoms with van der Waals surface area (Å²) < 4.78 is 43.2. The first kappa shape index (κ1) is 21.9. The summed E-state index contributed by atoms with van der Waals surface area (Å²) in [6.07, 6.45) is -2.06. The Morgan fingerprint density at radius 2 is 1.92 bits per heavy atom. The molecule has 1 unspecified atom stereocenters. The van der Waals surface area contributed by atoms with Crippen molar-refractivity contribution in [1.82, 2.24) is 4.90 Å². The fourth-order valence-corrected chi connectivity index (χ4v) is 2.77. The van der Waals surface area contributed by atoms with Gasteiger partial charge in [-0.1, -0.05) is 18.2 Å². The van der Waals surface area contributed by atoms with Gasteiger partial charge in [-0.05, 0) is 36.9 Å². The van der Waals surface area contributed by atoms with Gasteiger partial charge in [0.15, 0.2) is 0 Å². The second-order valence-electron chi connectivity index (χ2n) is 6.01. The number of ether oxygens (including phenoxy) is 1. The Labute approximate surface area is 149 Å². The van der Waals surface area contributed by atoms with Crippen LogP contribution in [-0.4, -0.2) is 53.9 Å². The summed E-state index contributed by atoms with van der Waals surface area (Å²) in [7, 11) is 1.69. The first-order chi connectivity index (χ1) is 12.1. The van der Waals surface area contributed by atoms with Gasteiger partial charge in [0.1, 0.15) is 0 Å². The van der Waals surface area contributed by atoms with Gasteiger partial charge < -0.3 is 14.9 Å². The average molecular weight is 377 g/mol. The van der Waals surface area contributed by atoms with Crippen LogP contribution < -0.4 is 0 Å². The highest BCUT2D eigenvalue weighted by Gasteiger charge is 2.30. The van der Waals surface area contributed by atoms with Crippen LogP contribution in [0, 0.1) is 5.92 Å². The second kappa shape index (κ2) is 10.1. The minimum absolute atomic E-state index is 0.486. The quantitative estimate of drug-likeness (QED) is 0.785. The van der Waals surface area contributed by atoms with E-state index in [1.807, 2.05) is 0 Å². The third kappa shape index (κ3) is 7.83. The smallest absolute Gasteiger partial charge is 0.416 e. The number of halogens is 3. The molecule has 2 rings (SSSR count). The van der Waals surface area contributed by atoms with Crippen molar-refractivity contribution < 1.29 is 37.7 Å². The van der Waals surface area contributed by atoms with E-state index < -0.39 is 23.7 Å². The molecule has 0 aliphatic carbocycles. The molecular formula is C17H22F3NO5. The molecule has 0 saturated carbocycles. The highest BCUT2D eigenvalue weighted by molar-refractivity contribution is 6.27. The topological polar surface area (TPSA) is 87.1 Å². The van der Waals surface area contributed by atoms with E-state index in [0.717, 1.165) is 44.2 Å². The molecule has 146 valence electrons. The van der Waals surface area contributed by atoms with Crippen molar-refractivity contribution in [2.45, 2.75) is 25.6 Å². The molecule has 1 atom stereocenters. The molecule has 1 aliphatic heterocycles. The van der Waals surface area contributed by atoms with Crippen molar-refractivity contribution in [3.63, 3.8) is 0 Å². The lowest BCUT2D eigenvalue weighted by Gasteiger charge is -2.32. The van der Waals surface area contributed by atoms with E-state index >= 15 is 0 Å². The maximum Gasteiger partial charge on any atom is 0.416 e. The third-order valence-corrected chi connectivity index (χ3v) is 3.85. The molecule has 0 bridgehead atoms. The number of alkyl halides is 3. The number of aliphatic carboxylic acids is 2. The molecule has 9 heteroatoms. The zero-order valence-corrected chi connectivity index (χ0v) is 14.3. The molecule has 0 spiro atoms. The van der Waals surface area contributed by atoms with Crippen molar-refractivity contribution in [2.24, 2.45) is 5.92 Å². The van der Waals surface area contributed by atoms with E-state index in [9.17, 15) is 13.2 Å². The van der Waals surface area contributed by atoms with Crippen molar-refractivity contribution in [2.75, 3.05) is 26.8 Å². The molecule has 1 aliphatic rings. The van der Waals surface area contributed by atoms with Crippen LogP contribution >= 0.6 is 0 Å². The molecule has 0 aromatic heterocycles. The van der Waals surface area contributed by atoms with Crippen LogP contribution in [0.5, 0.6) is 0 Å². The zero-order valence-electron chi connectivity index (χ0n) is 14.3. The first-order valence-electron chi connectivity index (χ1n) is 7.97. The summed E-state index contributed by atoms with van der Waals surface area (Å²) in [6, 6.07) is 5.61. The number of rotatable bonds is 4. The molecule has 1 saturated heterocycles. The predicted octanol–water partition coefficient (Wildman–Crippen LogP) is 2.72. The molecule has 1 aromatic rings. The summed E-state index contributed by atoms with van der Waals surface area (Å²) >= 11 is 0. The summed E-state index contributed by atoms with van der Waals surface area (Å²) in [4.78, 5) is 20.4. The Morgan fingerprint density at radius 3 is 2.46 bits per heavy atom. The van der Waals surface area contributed by atoms with E-state index in [0.29, 0.717) is 12.5 Å². The number of benzene rings is 1. The molecule has 0 amide bonds. The molecule has 1 heterocycles. The van der Waals surface area contributed by atoms with Crippen LogP contribution in [0.2, 0.25) is 0 Å². The molecular weight excluding hydrogens is 355 g/mol. The van der Waals surface area contributed by atoms with Crippen LogP contribution in [0.4, 0.5) is 13.2 Å². The lowest BCUT2D eigenvalue weighted by Crippen LogP contribution is -2.36. The van der Waals surface area contributed by atoms with E-state index in [2.05, 4.69) is 4.90 Å². The first-order valence-corrected chi connectivity index (χ1v) is 7.97. The maximum atomic E-state index is 12.7. The van der Waals surface area contributed by atoms with E-state index in [-0.39, 0.29) is 0 Å². The van der Waals surface area contributed by atoms with E-state index in [1.54, 1.807) is 13.2 Å². The number of carbonyl (C=O) groups is 2. The van der Waals surface area contributed by atoms with Gasteiger partial charge in [0.2, 0.25) is 0 Å². The molecule has 6 nitrogen and oxygen atoms in total. The molecule has 0 radical (unpaired) electrons. The van der Waals surface area contributed by atoms with Gasteiger partial charge in [-0.25, -0.2) is 9.59 Å². The fourth-order valence-electron chi connectivity index (χ4n) is 2.77. The van der Waals surface area contributed by atoms with Crippen LogP contribution in [0.25, 0.3) is 0 Å². The van der Waals surface area contributed by atoms with Gasteiger partial charge >= 0.3 is 18.1 Å². The van der Waals surface area contributed by atoms with E-state index in [4.69, 9.17) is 24.5 Å². The van der Waals surface area contributed by atoms with Gasteiger partial charge in [0, 0.05) is 20.2 Å². The van der Waals surface area contributed by atoms with Gasteiger partial charge in [0.25, 0.3) is 0 Å². The Kier molecular flexibility index (Phi) is 8.53. The number of carboxylic acid groups (broad SMARTS) is 2. The predicted molar refractivity (Wildman–Crippen MR) is 86.6 cm³/mol. The number of carboxylic acids is 2. The highest BCUT2D eigenvalue weighted by atomic mass is 19.4. The maximum absolute atomic E-state index is 12.7. The molecule has 26 heavy (non-hydrogen) atoms.